The zero-order valence-corrected chi connectivity index (χ0v) is 20.8. The quantitative estimate of drug-likeness (QED) is 0.169. The lowest BCUT2D eigenvalue weighted by atomic mass is 10.1. The summed E-state index contributed by atoms with van der Waals surface area (Å²) in [4.78, 5) is 32.9. The van der Waals surface area contributed by atoms with Crippen molar-refractivity contribution in [1.82, 2.24) is 15.0 Å². The zero-order valence-electron chi connectivity index (χ0n) is 18.4. The third-order valence-electron chi connectivity index (χ3n) is 5.71. The standard InChI is InChI=1S/C25H21ClN4O2S2/c1-15-5-2-3-6-16(15)13-27-29-21(31)14-33-25-28-23-22(19-7-4-8-20(19)34-23)24(32)30(25)18-11-9-17(26)10-12-18/h2-3,5-6,9-13H,4,7-8,14H2,1H3,(H,29,31). The van der Waals surface area contributed by atoms with Crippen molar-refractivity contribution < 1.29 is 4.79 Å². The zero-order chi connectivity index (χ0) is 23.7. The molecule has 0 saturated heterocycles. The number of hydrazone groups is 1. The molecular formula is C25H21ClN4O2S2. The largest absolute Gasteiger partial charge is 0.272 e. The van der Waals surface area contributed by atoms with Gasteiger partial charge >= 0.3 is 0 Å². The van der Waals surface area contributed by atoms with Gasteiger partial charge in [0, 0.05) is 9.90 Å². The highest BCUT2D eigenvalue weighted by atomic mass is 35.5. The summed E-state index contributed by atoms with van der Waals surface area (Å²) < 4.78 is 1.58. The lowest BCUT2D eigenvalue weighted by Gasteiger charge is -2.12. The maximum atomic E-state index is 13.6. The molecule has 1 aliphatic carbocycles. The molecule has 1 aliphatic rings. The predicted molar refractivity (Wildman–Crippen MR) is 140 cm³/mol. The number of fused-ring (bicyclic) bond motifs is 3. The van der Waals surface area contributed by atoms with Crippen molar-refractivity contribution in [2.75, 3.05) is 5.75 Å². The maximum absolute atomic E-state index is 13.6. The average molecular weight is 509 g/mol. The van der Waals surface area contributed by atoms with Gasteiger partial charge in [0.25, 0.3) is 11.5 Å². The van der Waals surface area contributed by atoms with E-state index in [-0.39, 0.29) is 17.2 Å². The number of aryl methyl sites for hydroxylation is 3. The normalized spacial score (nSPS) is 13.0. The van der Waals surface area contributed by atoms with Crippen LogP contribution in [0.5, 0.6) is 0 Å². The van der Waals surface area contributed by atoms with Crippen molar-refractivity contribution in [2.45, 2.75) is 31.3 Å². The van der Waals surface area contributed by atoms with Crippen LogP contribution in [0.15, 0.2) is 63.6 Å². The van der Waals surface area contributed by atoms with Crippen molar-refractivity contribution >= 4 is 57.0 Å². The van der Waals surface area contributed by atoms with Gasteiger partial charge in [-0.05, 0) is 67.1 Å². The van der Waals surface area contributed by atoms with Crippen molar-refractivity contribution in [3.8, 4) is 5.69 Å². The fourth-order valence-electron chi connectivity index (χ4n) is 4.01. The summed E-state index contributed by atoms with van der Waals surface area (Å²) in [6.07, 6.45) is 4.58. The monoisotopic (exact) mass is 508 g/mol. The SMILES string of the molecule is Cc1ccccc1C=NNC(=O)CSc1nc2sc3c(c2c(=O)n1-c1ccc(Cl)cc1)CCC3. The Labute approximate surface area is 209 Å². The van der Waals surface area contributed by atoms with Gasteiger partial charge in [-0.2, -0.15) is 5.10 Å². The highest BCUT2D eigenvalue weighted by molar-refractivity contribution is 7.99. The van der Waals surface area contributed by atoms with Crippen LogP contribution in [0.1, 0.15) is 28.0 Å². The first-order valence-corrected chi connectivity index (χ1v) is 13.0. The number of benzene rings is 2. The molecule has 2 aromatic carbocycles. The molecule has 2 aromatic heterocycles. The van der Waals surface area contributed by atoms with Gasteiger partial charge in [0.05, 0.1) is 23.0 Å². The van der Waals surface area contributed by atoms with E-state index in [0.717, 1.165) is 40.8 Å². The van der Waals surface area contributed by atoms with Crippen LogP contribution in [-0.2, 0) is 17.6 Å². The summed E-state index contributed by atoms with van der Waals surface area (Å²) in [5.41, 5.74) is 6.25. The molecule has 0 spiro atoms. The number of carbonyl (C=O) groups is 1. The minimum atomic E-state index is -0.277. The Bertz CT molecular complexity index is 1480. The lowest BCUT2D eigenvalue weighted by molar-refractivity contribution is -0.118. The Morgan fingerprint density at radius 3 is 2.82 bits per heavy atom. The Balaban J connectivity index is 1.42. The molecule has 4 aromatic rings. The van der Waals surface area contributed by atoms with E-state index in [2.05, 4.69) is 10.5 Å². The number of rotatable bonds is 6. The van der Waals surface area contributed by atoms with E-state index in [0.29, 0.717) is 21.3 Å². The maximum Gasteiger partial charge on any atom is 0.267 e. The number of carbonyl (C=O) groups excluding carboxylic acids is 1. The Kier molecular flexibility index (Phi) is 6.54. The topological polar surface area (TPSA) is 76.3 Å². The number of thiophene rings is 1. The fraction of sp³-hybridized carbons (Fsp3) is 0.200. The molecule has 5 rings (SSSR count). The second-order valence-corrected chi connectivity index (χ2v) is 10.4. The number of hydrogen-bond donors (Lipinski definition) is 1. The number of halogens is 1. The van der Waals surface area contributed by atoms with Crippen LogP contribution in [0.2, 0.25) is 5.02 Å². The molecule has 0 saturated carbocycles. The van der Waals surface area contributed by atoms with Crippen LogP contribution in [0.25, 0.3) is 15.9 Å². The molecule has 0 aliphatic heterocycles. The average Bonchev–Trinajstić information content (AvgIpc) is 3.41. The summed E-state index contributed by atoms with van der Waals surface area (Å²) >= 11 is 8.86. The number of hydrogen-bond acceptors (Lipinski definition) is 6. The molecule has 6 nitrogen and oxygen atoms in total. The first kappa shape index (κ1) is 22.8. The molecule has 172 valence electrons. The molecule has 0 unspecified atom stereocenters. The highest BCUT2D eigenvalue weighted by Gasteiger charge is 2.24. The lowest BCUT2D eigenvalue weighted by Crippen LogP contribution is -2.24. The van der Waals surface area contributed by atoms with Crippen molar-refractivity contribution in [1.29, 1.82) is 0 Å². The van der Waals surface area contributed by atoms with E-state index < -0.39 is 0 Å². The van der Waals surface area contributed by atoms with E-state index in [1.165, 1.54) is 16.6 Å². The number of nitrogens with one attached hydrogen (secondary N) is 1. The summed E-state index contributed by atoms with van der Waals surface area (Å²) in [6.45, 7) is 1.98. The van der Waals surface area contributed by atoms with Crippen LogP contribution in [0.3, 0.4) is 0 Å². The van der Waals surface area contributed by atoms with Crippen molar-refractivity contribution in [2.24, 2.45) is 5.10 Å². The van der Waals surface area contributed by atoms with Gasteiger partial charge in [0.15, 0.2) is 5.16 Å². The molecule has 2 heterocycles. The van der Waals surface area contributed by atoms with E-state index >= 15 is 0 Å². The number of amides is 1. The predicted octanol–water partition coefficient (Wildman–Crippen LogP) is 5.14. The van der Waals surface area contributed by atoms with Gasteiger partial charge in [-0.25, -0.2) is 10.4 Å². The molecule has 0 atom stereocenters. The van der Waals surface area contributed by atoms with Gasteiger partial charge in [-0.3, -0.25) is 14.2 Å². The van der Waals surface area contributed by atoms with Gasteiger partial charge in [-0.1, -0.05) is 47.6 Å². The van der Waals surface area contributed by atoms with Crippen LogP contribution in [0.4, 0.5) is 0 Å². The van der Waals surface area contributed by atoms with Gasteiger partial charge in [0.2, 0.25) is 0 Å². The molecule has 9 heteroatoms. The Hall–Kier alpha value is -2.94. The summed E-state index contributed by atoms with van der Waals surface area (Å²) in [7, 11) is 0. The molecule has 0 fully saturated rings. The fourth-order valence-corrected chi connectivity index (χ4v) is 6.24. The van der Waals surface area contributed by atoms with Gasteiger partial charge in [0.1, 0.15) is 4.83 Å². The smallest absolute Gasteiger partial charge is 0.267 e. The first-order valence-electron chi connectivity index (χ1n) is 10.8. The third-order valence-corrected chi connectivity index (χ3v) is 8.08. The van der Waals surface area contributed by atoms with Crippen LogP contribution < -0.4 is 11.0 Å². The summed E-state index contributed by atoms with van der Waals surface area (Å²) in [5.74, 6) is -0.206. The molecule has 34 heavy (non-hydrogen) atoms. The Morgan fingerprint density at radius 2 is 2.03 bits per heavy atom. The second kappa shape index (κ2) is 9.74. The third kappa shape index (κ3) is 4.53. The summed E-state index contributed by atoms with van der Waals surface area (Å²) in [6, 6.07) is 14.9. The highest BCUT2D eigenvalue weighted by Crippen LogP contribution is 2.36. The number of nitrogens with zero attached hydrogens (tertiary/aromatic N) is 3. The second-order valence-electron chi connectivity index (χ2n) is 7.99. The summed E-state index contributed by atoms with van der Waals surface area (Å²) in [5, 5.41) is 5.82. The van der Waals surface area contributed by atoms with E-state index in [1.54, 1.807) is 46.4 Å². The van der Waals surface area contributed by atoms with Crippen LogP contribution in [-0.4, -0.2) is 27.4 Å². The molecule has 1 N–H and O–H groups in total. The minimum absolute atomic E-state index is 0.0712. The number of thioether (sulfide) groups is 1. The van der Waals surface area contributed by atoms with E-state index in [9.17, 15) is 9.59 Å². The number of aromatic nitrogens is 2. The van der Waals surface area contributed by atoms with Crippen LogP contribution >= 0.6 is 34.7 Å². The van der Waals surface area contributed by atoms with Crippen molar-refractivity contribution in [3.63, 3.8) is 0 Å². The molecule has 0 radical (unpaired) electrons. The minimum Gasteiger partial charge on any atom is -0.272 e. The molecular weight excluding hydrogens is 488 g/mol. The van der Waals surface area contributed by atoms with E-state index in [4.69, 9.17) is 16.6 Å². The van der Waals surface area contributed by atoms with Crippen molar-refractivity contribution in [3.05, 3.63) is 85.5 Å². The molecule has 0 bridgehead atoms. The molecule has 1 amide bonds. The first-order chi connectivity index (χ1) is 16.5. The van der Waals surface area contributed by atoms with E-state index in [1.807, 2.05) is 31.2 Å². The van der Waals surface area contributed by atoms with Crippen LogP contribution in [0, 0.1) is 6.92 Å². The van der Waals surface area contributed by atoms with Gasteiger partial charge in [-0.15, -0.1) is 11.3 Å². The Morgan fingerprint density at radius 1 is 1.24 bits per heavy atom. The van der Waals surface area contributed by atoms with Gasteiger partial charge < -0.3 is 0 Å².